The van der Waals surface area contributed by atoms with Gasteiger partial charge in [-0.25, -0.2) is 0 Å². The molecule has 1 saturated heterocycles. The highest BCUT2D eigenvalue weighted by Gasteiger charge is 2.44. The molecule has 2 rings (SSSR count). The number of nitrogens with zero attached hydrogens (tertiary/aromatic N) is 1. The lowest BCUT2D eigenvalue weighted by atomic mass is 10.1. The van der Waals surface area contributed by atoms with Crippen LogP contribution in [-0.2, 0) is 4.79 Å². The molecule has 0 spiro atoms. The lowest BCUT2D eigenvalue weighted by Gasteiger charge is -2.30. The van der Waals surface area contributed by atoms with E-state index in [1.807, 2.05) is 24.4 Å². The van der Waals surface area contributed by atoms with Crippen molar-refractivity contribution >= 4 is 17.2 Å². The molecule has 3 nitrogen and oxygen atoms in total. The van der Waals surface area contributed by atoms with Gasteiger partial charge in [0.25, 0.3) is 0 Å². The Bertz CT molecular complexity index is 461. The summed E-state index contributed by atoms with van der Waals surface area (Å²) in [4.78, 5) is 14.5. The smallest absolute Gasteiger partial charge is 0.318 e. The van der Waals surface area contributed by atoms with E-state index in [0.717, 1.165) is 4.88 Å². The third kappa shape index (κ3) is 3.15. The van der Waals surface area contributed by atoms with Crippen LogP contribution in [0.3, 0.4) is 0 Å². The predicted molar refractivity (Wildman–Crippen MR) is 71.3 cm³/mol. The van der Waals surface area contributed by atoms with E-state index in [4.69, 9.17) is 0 Å². The minimum Gasteiger partial charge on any atom is -0.318 e. The lowest BCUT2D eigenvalue weighted by Crippen LogP contribution is -2.40. The average molecular weight is 306 g/mol. The van der Waals surface area contributed by atoms with E-state index in [1.54, 1.807) is 0 Å². The van der Waals surface area contributed by atoms with Crippen molar-refractivity contribution in [2.24, 2.45) is 0 Å². The SMILES string of the molecule is CCC1NC(c2cccs2)N(C(C)CC(F)(F)F)C1=O. The number of carbonyl (C=O) groups excluding carboxylic acids is 1. The number of nitrogens with one attached hydrogen (secondary N) is 1. The van der Waals surface area contributed by atoms with Crippen LogP contribution in [-0.4, -0.2) is 29.1 Å². The molecule has 1 N–H and O–H groups in total. The molecule has 7 heteroatoms. The Balaban J connectivity index is 2.23. The van der Waals surface area contributed by atoms with Gasteiger partial charge in [-0.1, -0.05) is 13.0 Å². The van der Waals surface area contributed by atoms with Crippen molar-refractivity contribution in [3.8, 4) is 0 Å². The van der Waals surface area contributed by atoms with Gasteiger partial charge in [0.1, 0.15) is 6.17 Å². The summed E-state index contributed by atoms with van der Waals surface area (Å²) in [5, 5.41) is 4.98. The zero-order valence-corrected chi connectivity index (χ0v) is 12.1. The van der Waals surface area contributed by atoms with Gasteiger partial charge in [0.15, 0.2) is 0 Å². The van der Waals surface area contributed by atoms with E-state index >= 15 is 0 Å². The summed E-state index contributed by atoms with van der Waals surface area (Å²) in [6.45, 7) is 3.30. The van der Waals surface area contributed by atoms with E-state index in [2.05, 4.69) is 5.32 Å². The molecule has 1 aromatic rings. The minimum atomic E-state index is -4.27. The van der Waals surface area contributed by atoms with Crippen LogP contribution < -0.4 is 5.32 Å². The van der Waals surface area contributed by atoms with Crippen molar-refractivity contribution in [1.82, 2.24) is 10.2 Å². The van der Waals surface area contributed by atoms with Crippen molar-refractivity contribution in [2.75, 3.05) is 0 Å². The predicted octanol–water partition coefficient (Wildman–Crippen LogP) is 3.30. The maximum absolute atomic E-state index is 12.6. The Labute approximate surface area is 119 Å². The maximum Gasteiger partial charge on any atom is 0.391 e. The third-order valence-corrected chi connectivity index (χ3v) is 4.34. The van der Waals surface area contributed by atoms with Gasteiger partial charge < -0.3 is 4.90 Å². The summed E-state index contributed by atoms with van der Waals surface area (Å²) in [6, 6.07) is 2.38. The zero-order valence-electron chi connectivity index (χ0n) is 11.3. The van der Waals surface area contributed by atoms with Gasteiger partial charge >= 0.3 is 6.18 Å². The number of alkyl halides is 3. The molecule has 0 saturated carbocycles. The van der Waals surface area contributed by atoms with Crippen LogP contribution in [0.1, 0.15) is 37.7 Å². The quantitative estimate of drug-likeness (QED) is 0.925. The number of amides is 1. The van der Waals surface area contributed by atoms with Crippen molar-refractivity contribution < 1.29 is 18.0 Å². The van der Waals surface area contributed by atoms with E-state index in [9.17, 15) is 18.0 Å². The van der Waals surface area contributed by atoms with Crippen LogP contribution in [0.4, 0.5) is 13.2 Å². The molecule has 0 bridgehead atoms. The molecule has 0 radical (unpaired) electrons. The number of hydrogen-bond donors (Lipinski definition) is 1. The number of rotatable bonds is 4. The fourth-order valence-corrected chi connectivity index (χ4v) is 3.29. The van der Waals surface area contributed by atoms with Crippen molar-refractivity contribution in [2.45, 2.75) is 51.1 Å². The second-order valence-electron chi connectivity index (χ2n) is 4.96. The first kappa shape index (κ1) is 15.3. The van der Waals surface area contributed by atoms with E-state index in [0.29, 0.717) is 6.42 Å². The minimum absolute atomic E-state index is 0.248. The Morgan fingerprint density at radius 3 is 2.70 bits per heavy atom. The molecule has 3 atom stereocenters. The van der Waals surface area contributed by atoms with Crippen LogP contribution in [0.15, 0.2) is 17.5 Å². The van der Waals surface area contributed by atoms with Crippen molar-refractivity contribution in [3.63, 3.8) is 0 Å². The Kier molecular flexibility index (Phi) is 4.39. The first-order valence-electron chi connectivity index (χ1n) is 6.52. The average Bonchev–Trinajstić information content (AvgIpc) is 2.93. The molecule has 20 heavy (non-hydrogen) atoms. The first-order chi connectivity index (χ1) is 9.33. The lowest BCUT2D eigenvalue weighted by molar-refractivity contribution is -0.153. The molecular formula is C13H17F3N2OS. The van der Waals surface area contributed by atoms with Gasteiger partial charge in [-0.05, 0) is 24.8 Å². The van der Waals surface area contributed by atoms with Crippen LogP contribution in [0.25, 0.3) is 0 Å². The number of carbonyl (C=O) groups is 1. The van der Waals surface area contributed by atoms with Gasteiger partial charge in [0.05, 0.1) is 12.5 Å². The van der Waals surface area contributed by atoms with Crippen molar-refractivity contribution in [1.29, 1.82) is 0 Å². The van der Waals surface area contributed by atoms with E-state index in [-0.39, 0.29) is 5.91 Å². The Hall–Kier alpha value is -1.08. The fourth-order valence-electron chi connectivity index (χ4n) is 2.51. The first-order valence-corrected chi connectivity index (χ1v) is 7.40. The zero-order chi connectivity index (χ0) is 14.9. The standard InChI is InChI=1S/C13H17F3N2OS/c1-3-9-12(19)18(8(2)7-13(14,15)16)11(17-9)10-5-4-6-20-10/h4-6,8-9,11,17H,3,7H2,1-2H3. The fraction of sp³-hybridized carbons (Fsp3) is 0.615. The summed E-state index contributed by atoms with van der Waals surface area (Å²) in [7, 11) is 0. The summed E-state index contributed by atoms with van der Waals surface area (Å²) in [5.41, 5.74) is 0. The topological polar surface area (TPSA) is 32.3 Å². The highest BCUT2D eigenvalue weighted by atomic mass is 32.1. The largest absolute Gasteiger partial charge is 0.391 e. The molecule has 1 aliphatic rings. The van der Waals surface area contributed by atoms with Crippen LogP contribution in [0.5, 0.6) is 0 Å². The molecule has 2 heterocycles. The second-order valence-corrected chi connectivity index (χ2v) is 5.94. The second kappa shape index (κ2) is 5.73. The van der Waals surface area contributed by atoms with E-state index < -0.39 is 30.8 Å². The summed E-state index contributed by atoms with van der Waals surface area (Å²) >= 11 is 1.44. The van der Waals surface area contributed by atoms with Crippen molar-refractivity contribution in [3.05, 3.63) is 22.4 Å². The number of hydrogen-bond acceptors (Lipinski definition) is 3. The van der Waals surface area contributed by atoms with Gasteiger partial charge in [-0.15, -0.1) is 11.3 Å². The maximum atomic E-state index is 12.6. The van der Waals surface area contributed by atoms with E-state index in [1.165, 1.54) is 23.2 Å². The molecule has 1 fully saturated rings. The molecule has 0 aromatic carbocycles. The normalized spacial score (nSPS) is 25.2. The van der Waals surface area contributed by atoms with Crippen LogP contribution in [0, 0.1) is 0 Å². The van der Waals surface area contributed by atoms with Crippen LogP contribution >= 0.6 is 11.3 Å². The number of thiophene rings is 1. The highest BCUT2D eigenvalue weighted by Crippen LogP contribution is 2.34. The number of halogens is 3. The molecular weight excluding hydrogens is 289 g/mol. The highest BCUT2D eigenvalue weighted by molar-refractivity contribution is 7.10. The van der Waals surface area contributed by atoms with Gasteiger partial charge in [-0.3, -0.25) is 10.1 Å². The molecule has 1 amide bonds. The summed E-state index contributed by atoms with van der Waals surface area (Å²) < 4.78 is 37.7. The molecule has 112 valence electrons. The molecule has 3 unspecified atom stereocenters. The summed E-state index contributed by atoms with van der Waals surface area (Å²) in [6.07, 6.45) is -5.15. The Morgan fingerprint density at radius 2 is 2.20 bits per heavy atom. The van der Waals surface area contributed by atoms with Crippen LogP contribution in [0.2, 0.25) is 0 Å². The Morgan fingerprint density at radius 1 is 1.50 bits per heavy atom. The van der Waals surface area contributed by atoms with Gasteiger partial charge in [0.2, 0.25) is 5.91 Å². The third-order valence-electron chi connectivity index (χ3n) is 3.41. The monoisotopic (exact) mass is 306 g/mol. The van der Waals surface area contributed by atoms with Gasteiger partial charge in [0, 0.05) is 10.9 Å². The molecule has 1 aromatic heterocycles. The molecule has 1 aliphatic heterocycles. The molecule has 0 aliphatic carbocycles. The summed E-state index contributed by atoms with van der Waals surface area (Å²) in [5.74, 6) is -0.248. The van der Waals surface area contributed by atoms with Gasteiger partial charge in [-0.2, -0.15) is 13.2 Å².